The number of hydrogen-bond acceptors (Lipinski definition) is 3. The molecule has 5 heteroatoms. The van der Waals surface area contributed by atoms with Crippen molar-refractivity contribution in [3.05, 3.63) is 35.9 Å². The van der Waals surface area contributed by atoms with E-state index in [2.05, 4.69) is 15.4 Å². The maximum absolute atomic E-state index is 11.6. The zero-order valence-electron chi connectivity index (χ0n) is 10.8. The Balaban J connectivity index is 2.48. The third kappa shape index (κ3) is 4.08. The lowest BCUT2D eigenvalue weighted by Crippen LogP contribution is -2.45. The minimum atomic E-state index is -0.669. The summed E-state index contributed by atoms with van der Waals surface area (Å²) in [7, 11) is 1.28. The van der Waals surface area contributed by atoms with E-state index < -0.39 is 18.0 Å². The summed E-state index contributed by atoms with van der Waals surface area (Å²) in [6, 6.07) is 8.38. The molecule has 2 amide bonds. The molecule has 0 unspecified atom stereocenters. The predicted octanol–water partition coefficient (Wildman–Crippen LogP) is 1.61. The summed E-state index contributed by atoms with van der Waals surface area (Å²) in [6.45, 7) is 3.44. The molecular weight excluding hydrogens is 232 g/mol. The van der Waals surface area contributed by atoms with Gasteiger partial charge in [0, 0.05) is 0 Å². The number of benzene rings is 1. The Labute approximate surface area is 107 Å². The van der Waals surface area contributed by atoms with Crippen LogP contribution in [0.1, 0.15) is 25.5 Å². The van der Waals surface area contributed by atoms with Gasteiger partial charge >= 0.3 is 12.0 Å². The van der Waals surface area contributed by atoms with Crippen LogP contribution in [0.5, 0.6) is 0 Å². The molecule has 0 fully saturated rings. The zero-order valence-corrected chi connectivity index (χ0v) is 10.8. The molecule has 2 atom stereocenters. The van der Waals surface area contributed by atoms with Gasteiger partial charge in [-0.05, 0) is 19.4 Å². The fraction of sp³-hybridized carbons (Fsp3) is 0.385. The highest BCUT2D eigenvalue weighted by molar-refractivity contribution is 5.83. The van der Waals surface area contributed by atoms with E-state index in [0.717, 1.165) is 5.56 Å². The van der Waals surface area contributed by atoms with Gasteiger partial charge in [-0.15, -0.1) is 0 Å². The number of esters is 1. The van der Waals surface area contributed by atoms with Crippen LogP contribution >= 0.6 is 0 Å². The molecule has 0 spiro atoms. The number of ether oxygens (including phenoxy) is 1. The second-order valence-electron chi connectivity index (χ2n) is 4.00. The fourth-order valence-electron chi connectivity index (χ4n) is 1.50. The summed E-state index contributed by atoms with van der Waals surface area (Å²) in [4.78, 5) is 22.8. The maximum Gasteiger partial charge on any atom is 0.328 e. The van der Waals surface area contributed by atoms with Crippen molar-refractivity contribution in [3.63, 3.8) is 0 Å². The van der Waals surface area contributed by atoms with Gasteiger partial charge < -0.3 is 15.4 Å². The summed E-state index contributed by atoms with van der Waals surface area (Å²) >= 11 is 0. The molecule has 1 rings (SSSR count). The molecule has 0 aromatic heterocycles. The molecule has 18 heavy (non-hydrogen) atoms. The summed E-state index contributed by atoms with van der Waals surface area (Å²) in [5, 5.41) is 5.25. The van der Waals surface area contributed by atoms with Gasteiger partial charge in [-0.25, -0.2) is 9.59 Å². The molecule has 5 nitrogen and oxygen atoms in total. The Bertz CT molecular complexity index is 406. The zero-order chi connectivity index (χ0) is 13.5. The first-order valence-corrected chi connectivity index (χ1v) is 5.74. The molecule has 2 N–H and O–H groups in total. The van der Waals surface area contributed by atoms with Gasteiger partial charge in [-0.2, -0.15) is 0 Å². The van der Waals surface area contributed by atoms with Crippen molar-refractivity contribution < 1.29 is 14.3 Å². The van der Waals surface area contributed by atoms with Crippen LogP contribution in [0.3, 0.4) is 0 Å². The molecule has 0 heterocycles. The van der Waals surface area contributed by atoms with Crippen molar-refractivity contribution in [2.45, 2.75) is 25.9 Å². The number of amides is 2. The van der Waals surface area contributed by atoms with Crippen LogP contribution in [0.2, 0.25) is 0 Å². The number of rotatable bonds is 4. The van der Waals surface area contributed by atoms with Crippen LogP contribution in [0.4, 0.5) is 4.79 Å². The molecule has 0 radical (unpaired) electrons. The van der Waals surface area contributed by atoms with Gasteiger partial charge in [0.25, 0.3) is 0 Å². The maximum atomic E-state index is 11.6. The van der Waals surface area contributed by atoms with Crippen LogP contribution in [-0.2, 0) is 9.53 Å². The van der Waals surface area contributed by atoms with Crippen LogP contribution in [0.15, 0.2) is 30.3 Å². The van der Waals surface area contributed by atoms with E-state index in [0.29, 0.717) is 0 Å². The first kappa shape index (κ1) is 14.0. The second kappa shape index (κ2) is 6.64. The number of nitrogens with one attached hydrogen (secondary N) is 2. The first-order chi connectivity index (χ1) is 8.54. The van der Waals surface area contributed by atoms with Gasteiger partial charge in [0.15, 0.2) is 0 Å². The fourth-order valence-corrected chi connectivity index (χ4v) is 1.50. The monoisotopic (exact) mass is 250 g/mol. The van der Waals surface area contributed by atoms with Crippen LogP contribution in [-0.4, -0.2) is 25.2 Å². The molecule has 1 aromatic rings. The molecule has 0 aliphatic carbocycles. The topological polar surface area (TPSA) is 67.4 Å². The second-order valence-corrected chi connectivity index (χ2v) is 4.00. The van der Waals surface area contributed by atoms with Crippen LogP contribution < -0.4 is 10.6 Å². The van der Waals surface area contributed by atoms with E-state index in [-0.39, 0.29) is 6.04 Å². The van der Waals surface area contributed by atoms with E-state index in [1.54, 1.807) is 6.92 Å². The largest absolute Gasteiger partial charge is 0.467 e. The first-order valence-electron chi connectivity index (χ1n) is 5.74. The van der Waals surface area contributed by atoms with E-state index in [9.17, 15) is 9.59 Å². The SMILES string of the molecule is COC(=O)[C@H](C)NC(=O)N[C@@H](C)c1ccccc1. The Morgan fingerprint density at radius 3 is 2.28 bits per heavy atom. The number of urea groups is 1. The van der Waals surface area contributed by atoms with Gasteiger partial charge in [0.1, 0.15) is 6.04 Å². The highest BCUT2D eigenvalue weighted by atomic mass is 16.5. The van der Waals surface area contributed by atoms with E-state index in [1.165, 1.54) is 7.11 Å². The highest BCUT2D eigenvalue weighted by Gasteiger charge is 2.17. The Morgan fingerprint density at radius 1 is 1.11 bits per heavy atom. The van der Waals surface area contributed by atoms with Gasteiger partial charge in [-0.3, -0.25) is 0 Å². The van der Waals surface area contributed by atoms with Crippen molar-refractivity contribution in [1.29, 1.82) is 0 Å². The van der Waals surface area contributed by atoms with Gasteiger partial charge in [-0.1, -0.05) is 30.3 Å². The highest BCUT2D eigenvalue weighted by Crippen LogP contribution is 2.10. The molecule has 0 saturated heterocycles. The van der Waals surface area contributed by atoms with E-state index in [4.69, 9.17) is 0 Å². The number of hydrogen-bond donors (Lipinski definition) is 2. The molecule has 1 aromatic carbocycles. The average molecular weight is 250 g/mol. The molecule has 0 bridgehead atoms. The number of carbonyl (C=O) groups is 2. The predicted molar refractivity (Wildman–Crippen MR) is 68.0 cm³/mol. The molecule has 0 saturated carbocycles. The van der Waals surface area contributed by atoms with E-state index in [1.807, 2.05) is 37.3 Å². The van der Waals surface area contributed by atoms with Crippen molar-refractivity contribution in [2.75, 3.05) is 7.11 Å². The summed E-state index contributed by atoms with van der Waals surface area (Å²) in [5.41, 5.74) is 0.998. The van der Waals surface area contributed by atoms with Crippen molar-refractivity contribution in [2.24, 2.45) is 0 Å². The lowest BCUT2D eigenvalue weighted by atomic mass is 10.1. The standard InChI is InChI=1S/C13H18N2O3/c1-9(11-7-5-4-6-8-11)14-13(17)15-10(2)12(16)18-3/h4-10H,1-3H3,(H2,14,15,17)/t9-,10-/m0/s1. The minimum Gasteiger partial charge on any atom is -0.467 e. The summed E-state index contributed by atoms with van der Waals surface area (Å²) in [5.74, 6) is -0.475. The molecule has 98 valence electrons. The van der Waals surface area contributed by atoms with Crippen molar-refractivity contribution >= 4 is 12.0 Å². The van der Waals surface area contributed by atoms with Crippen molar-refractivity contribution in [1.82, 2.24) is 10.6 Å². The molecular formula is C13H18N2O3. The van der Waals surface area contributed by atoms with E-state index >= 15 is 0 Å². The van der Waals surface area contributed by atoms with Crippen LogP contribution in [0.25, 0.3) is 0 Å². The third-order valence-corrected chi connectivity index (χ3v) is 2.55. The summed E-state index contributed by atoms with van der Waals surface area (Å²) in [6.07, 6.45) is 0. The van der Waals surface area contributed by atoms with Gasteiger partial charge in [0.2, 0.25) is 0 Å². The Hall–Kier alpha value is -2.04. The summed E-state index contributed by atoms with van der Waals surface area (Å²) < 4.78 is 4.52. The Kier molecular flexibility index (Phi) is 5.17. The quantitative estimate of drug-likeness (QED) is 0.798. The smallest absolute Gasteiger partial charge is 0.328 e. The number of carbonyl (C=O) groups excluding carboxylic acids is 2. The lowest BCUT2D eigenvalue weighted by Gasteiger charge is -2.17. The minimum absolute atomic E-state index is 0.129. The Morgan fingerprint density at radius 2 is 1.72 bits per heavy atom. The average Bonchev–Trinajstić information content (AvgIpc) is 2.38. The van der Waals surface area contributed by atoms with Gasteiger partial charge in [0.05, 0.1) is 13.2 Å². The number of methoxy groups -OCH3 is 1. The molecule has 0 aliphatic rings. The molecule has 0 aliphatic heterocycles. The lowest BCUT2D eigenvalue weighted by molar-refractivity contribution is -0.142. The normalized spacial score (nSPS) is 13.3. The van der Waals surface area contributed by atoms with Crippen molar-refractivity contribution in [3.8, 4) is 0 Å². The van der Waals surface area contributed by atoms with Crippen LogP contribution in [0, 0.1) is 0 Å². The third-order valence-electron chi connectivity index (χ3n) is 2.55.